The van der Waals surface area contributed by atoms with Crippen molar-refractivity contribution in [2.24, 2.45) is 0 Å². The van der Waals surface area contributed by atoms with Gasteiger partial charge in [0.25, 0.3) is 0 Å². The lowest BCUT2D eigenvalue weighted by molar-refractivity contribution is 0.0622. The van der Waals surface area contributed by atoms with Crippen molar-refractivity contribution in [3.8, 4) is 0 Å². The number of furan rings is 1. The molecule has 2 amide bonds. The van der Waals surface area contributed by atoms with Crippen LogP contribution in [0.2, 0.25) is 0 Å². The van der Waals surface area contributed by atoms with Gasteiger partial charge in [0.05, 0.1) is 19.4 Å². The van der Waals surface area contributed by atoms with E-state index in [2.05, 4.69) is 10.6 Å². The van der Waals surface area contributed by atoms with Crippen LogP contribution in [0.15, 0.2) is 40.3 Å². The van der Waals surface area contributed by atoms with E-state index >= 15 is 0 Å². The molecule has 0 saturated heterocycles. The Labute approximate surface area is 126 Å². The third-order valence-electron chi connectivity index (χ3n) is 2.95. The lowest BCUT2D eigenvalue weighted by atomic mass is 9.99. The molecule has 2 rings (SSSR count). The molecule has 7 heteroatoms. The summed E-state index contributed by atoms with van der Waals surface area (Å²) in [6.45, 7) is 0.848. The molecule has 1 unspecified atom stereocenters. The molecule has 0 aliphatic rings. The number of carbonyl (C=O) groups is 1. The fourth-order valence-electron chi connectivity index (χ4n) is 1.86. The van der Waals surface area contributed by atoms with E-state index < -0.39 is 5.60 Å². The van der Waals surface area contributed by atoms with Crippen molar-refractivity contribution >= 4 is 17.4 Å². The van der Waals surface area contributed by atoms with Gasteiger partial charge in [-0.25, -0.2) is 4.79 Å². The molecule has 2 heterocycles. The van der Waals surface area contributed by atoms with Gasteiger partial charge in [0, 0.05) is 18.5 Å². The average molecular weight is 310 g/mol. The molecule has 0 fully saturated rings. The van der Waals surface area contributed by atoms with Gasteiger partial charge in [-0.3, -0.25) is 0 Å². The van der Waals surface area contributed by atoms with Gasteiger partial charge in [-0.05, 0) is 23.6 Å². The van der Waals surface area contributed by atoms with Crippen molar-refractivity contribution in [2.75, 3.05) is 26.8 Å². The highest BCUT2D eigenvalue weighted by Gasteiger charge is 2.36. The van der Waals surface area contributed by atoms with Gasteiger partial charge >= 0.3 is 6.03 Å². The topological polar surface area (TPSA) is 83.7 Å². The predicted octanol–water partition coefficient (Wildman–Crippen LogP) is 1.52. The van der Waals surface area contributed by atoms with E-state index in [4.69, 9.17) is 9.15 Å². The van der Waals surface area contributed by atoms with E-state index in [0.29, 0.717) is 23.8 Å². The number of thiophene rings is 1. The van der Waals surface area contributed by atoms with Crippen molar-refractivity contribution in [3.05, 3.63) is 46.5 Å². The third-order valence-corrected chi connectivity index (χ3v) is 3.98. The summed E-state index contributed by atoms with van der Waals surface area (Å²) in [6, 6.07) is 6.66. The second-order valence-corrected chi connectivity index (χ2v) is 5.36. The summed E-state index contributed by atoms with van der Waals surface area (Å²) in [5.41, 5.74) is -1.38. The van der Waals surface area contributed by atoms with Crippen LogP contribution in [0.25, 0.3) is 0 Å². The largest absolute Gasteiger partial charge is 0.466 e. The molecule has 0 aliphatic heterocycles. The molecule has 0 aliphatic carbocycles. The smallest absolute Gasteiger partial charge is 0.314 e. The Kier molecular flexibility index (Phi) is 5.38. The zero-order chi connectivity index (χ0) is 15.1. The zero-order valence-corrected chi connectivity index (χ0v) is 12.5. The summed E-state index contributed by atoms with van der Waals surface area (Å²) in [4.78, 5) is 12.4. The number of aliphatic hydroxyl groups is 1. The molecule has 6 nitrogen and oxygen atoms in total. The maximum atomic E-state index is 11.7. The standard InChI is InChI=1S/C14H18N2O4S/c1-19-8-6-15-13(17)16-10-14(18,11-4-2-7-20-11)12-5-3-9-21-12/h2-5,7,9,18H,6,8,10H2,1H3,(H2,15,16,17). The molecule has 2 aromatic heterocycles. The van der Waals surface area contributed by atoms with Gasteiger partial charge < -0.3 is 24.9 Å². The number of urea groups is 1. The summed E-state index contributed by atoms with van der Waals surface area (Å²) in [5, 5.41) is 18.0. The first-order valence-corrected chi connectivity index (χ1v) is 7.36. The number of nitrogens with one attached hydrogen (secondary N) is 2. The monoisotopic (exact) mass is 310 g/mol. The number of methoxy groups -OCH3 is 1. The Hall–Kier alpha value is -1.83. The van der Waals surface area contributed by atoms with E-state index in [-0.39, 0.29) is 12.6 Å². The van der Waals surface area contributed by atoms with Gasteiger partial charge in [-0.1, -0.05) is 6.07 Å². The van der Waals surface area contributed by atoms with Gasteiger partial charge in [0.2, 0.25) is 0 Å². The molecular formula is C14H18N2O4S. The van der Waals surface area contributed by atoms with E-state index in [1.54, 1.807) is 25.3 Å². The van der Waals surface area contributed by atoms with Crippen molar-refractivity contribution in [2.45, 2.75) is 5.60 Å². The highest BCUT2D eigenvalue weighted by molar-refractivity contribution is 7.10. The SMILES string of the molecule is COCCNC(=O)NCC(O)(c1ccco1)c1cccs1. The molecule has 0 radical (unpaired) electrons. The van der Waals surface area contributed by atoms with Crippen LogP contribution in [0.4, 0.5) is 4.79 Å². The van der Waals surface area contributed by atoms with Crippen LogP contribution in [-0.2, 0) is 10.3 Å². The van der Waals surface area contributed by atoms with E-state index in [1.165, 1.54) is 17.6 Å². The Bertz CT molecular complexity index is 505. The first-order valence-electron chi connectivity index (χ1n) is 6.48. The summed E-state index contributed by atoms with van der Waals surface area (Å²) >= 11 is 1.40. The minimum absolute atomic E-state index is 0.0137. The van der Waals surface area contributed by atoms with Crippen molar-refractivity contribution in [3.63, 3.8) is 0 Å². The summed E-state index contributed by atoms with van der Waals surface area (Å²) in [7, 11) is 1.56. The van der Waals surface area contributed by atoms with Crippen LogP contribution in [0.1, 0.15) is 10.6 Å². The van der Waals surface area contributed by atoms with Crippen molar-refractivity contribution < 1.29 is 19.1 Å². The average Bonchev–Trinajstić information content (AvgIpc) is 3.17. The van der Waals surface area contributed by atoms with Crippen molar-refractivity contribution in [1.82, 2.24) is 10.6 Å². The predicted molar refractivity (Wildman–Crippen MR) is 79.3 cm³/mol. The number of carbonyl (C=O) groups excluding carboxylic acids is 1. The second kappa shape index (κ2) is 7.26. The van der Waals surface area contributed by atoms with E-state index in [1.807, 2.05) is 11.4 Å². The summed E-state index contributed by atoms with van der Waals surface area (Å²) in [6.07, 6.45) is 1.49. The Balaban J connectivity index is 2.03. The number of hydrogen-bond donors (Lipinski definition) is 3. The van der Waals surface area contributed by atoms with E-state index in [0.717, 1.165) is 0 Å². The van der Waals surface area contributed by atoms with Crippen molar-refractivity contribution in [1.29, 1.82) is 0 Å². The fraction of sp³-hybridized carbons (Fsp3) is 0.357. The molecule has 0 saturated carbocycles. The Morgan fingerprint density at radius 2 is 2.29 bits per heavy atom. The molecule has 114 valence electrons. The van der Waals surface area contributed by atoms with Crippen LogP contribution in [0, 0.1) is 0 Å². The lowest BCUT2D eigenvalue weighted by Crippen LogP contribution is -2.45. The maximum absolute atomic E-state index is 11.7. The molecule has 0 spiro atoms. The minimum Gasteiger partial charge on any atom is -0.466 e. The lowest BCUT2D eigenvalue weighted by Gasteiger charge is -2.25. The normalized spacial score (nSPS) is 13.6. The summed E-state index contributed by atoms with van der Waals surface area (Å²) in [5.74, 6) is 0.391. The quantitative estimate of drug-likeness (QED) is 0.677. The van der Waals surface area contributed by atoms with Gasteiger partial charge in [-0.15, -0.1) is 11.3 Å². The number of rotatable bonds is 7. The maximum Gasteiger partial charge on any atom is 0.314 e. The van der Waals surface area contributed by atoms with Crippen LogP contribution >= 0.6 is 11.3 Å². The van der Waals surface area contributed by atoms with Crippen LogP contribution in [-0.4, -0.2) is 37.9 Å². The molecule has 1 atom stereocenters. The molecule has 21 heavy (non-hydrogen) atoms. The van der Waals surface area contributed by atoms with Gasteiger partial charge in [0.15, 0.2) is 5.60 Å². The highest BCUT2D eigenvalue weighted by atomic mass is 32.1. The third kappa shape index (κ3) is 3.84. The number of hydrogen-bond acceptors (Lipinski definition) is 5. The first-order chi connectivity index (χ1) is 10.2. The molecule has 0 bridgehead atoms. The Morgan fingerprint density at radius 1 is 1.43 bits per heavy atom. The Morgan fingerprint density at radius 3 is 2.90 bits per heavy atom. The molecule has 3 N–H and O–H groups in total. The van der Waals surface area contributed by atoms with Crippen LogP contribution in [0.3, 0.4) is 0 Å². The minimum atomic E-state index is -1.38. The second-order valence-electron chi connectivity index (χ2n) is 4.42. The number of amides is 2. The van der Waals surface area contributed by atoms with Gasteiger partial charge in [0.1, 0.15) is 5.76 Å². The zero-order valence-electron chi connectivity index (χ0n) is 11.7. The molecule has 2 aromatic rings. The van der Waals surface area contributed by atoms with Crippen LogP contribution in [0.5, 0.6) is 0 Å². The first kappa shape index (κ1) is 15.6. The molecular weight excluding hydrogens is 292 g/mol. The number of ether oxygens (including phenoxy) is 1. The van der Waals surface area contributed by atoms with Gasteiger partial charge in [-0.2, -0.15) is 0 Å². The molecule has 0 aromatic carbocycles. The fourth-order valence-corrected chi connectivity index (χ4v) is 2.69. The summed E-state index contributed by atoms with van der Waals surface area (Å²) < 4.78 is 10.2. The van der Waals surface area contributed by atoms with Crippen LogP contribution < -0.4 is 10.6 Å². The van der Waals surface area contributed by atoms with E-state index in [9.17, 15) is 9.90 Å². The highest BCUT2D eigenvalue weighted by Crippen LogP contribution is 2.32.